The molecule has 0 unspecified atom stereocenters. The van der Waals surface area contributed by atoms with Crippen LogP contribution >= 0.6 is 0 Å². The van der Waals surface area contributed by atoms with E-state index in [1.165, 1.54) is 4.90 Å². The molecule has 0 radical (unpaired) electrons. The maximum absolute atomic E-state index is 12.3. The normalized spacial score (nSPS) is 18.6. The number of carboxylic acid groups (broad SMARTS) is 1. The fourth-order valence-electron chi connectivity index (χ4n) is 2.34. The van der Waals surface area contributed by atoms with Gasteiger partial charge in [0.15, 0.2) is 0 Å². The Morgan fingerprint density at radius 1 is 1.40 bits per heavy atom. The molecule has 0 aromatic carbocycles. The van der Waals surface area contributed by atoms with Gasteiger partial charge in [-0.3, -0.25) is 4.79 Å². The summed E-state index contributed by atoms with van der Waals surface area (Å²) in [5.41, 5.74) is 0. The number of anilines is 1. The lowest BCUT2D eigenvalue weighted by Gasteiger charge is -2.34. The molecule has 1 saturated heterocycles. The molecule has 2 rings (SSSR count). The number of piperidine rings is 1. The SMILES string of the molecule is CN(CC(=O)N1CCCC[C@H]1C(=O)O)c1ncccn1. The molecule has 1 fully saturated rings. The summed E-state index contributed by atoms with van der Waals surface area (Å²) >= 11 is 0. The minimum atomic E-state index is -0.934. The van der Waals surface area contributed by atoms with Gasteiger partial charge in [0.1, 0.15) is 6.04 Å². The number of aromatic nitrogens is 2. The number of rotatable bonds is 4. The Balaban J connectivity index is 2.01. The first-order valence-corrected chi connectivity index (χ1v) is 6.60. The number of likely N-dealkylation sites (N-methyl/N-ethyl adjacent to an activating group) is 1. The minimum absolute atomic E-state index is 0.0772. The molecule has 1 aliphatic heterocycles. The van der Waals surface area contributed by atoms with Gasteiger partial charge in [0, 0.05) is 26.0 Å². The first-order valence-electron chi connectivity index (χ1n) is 6.60. The summed E-state index contributed by atoms with van der Waals surface area (Å²) in [5, 5.41) is 9.18. The Kier molecular flexibility index (Phi) is 4.49. The fraction of sp³-hybridized carbons (Fsp3) is 0.538. The van der Waals surface area contributed by atoms with E-state index in [1.54, 1.807) is 30.4 Å². The van der Waals surface area contributed by atoms with Crippen molar-refractivity contribution in [3.63, 3.8) is 0 Å². The van der Waals surface area contributed by atoms with Gasteiger partial charge in [-0.05, 0) is 25.3 Å². The van der Waals surface area contributed by atoms with E-state index in [4.69, 9.17) is 0 Å². The maximum Gasteiger partial charge on any atom is 0.326 e. The van der Waals surface area contributed by atoms with Crippen molar-refractivity contribution in [2.45, 2.75) is 25.3 Å². The number of likely N-dealkylation sites (tertiary alicyclic amines) is 1. The van der Waals surface area contributed by atoms with E-state index in [-0.39, 0.29) is 12.5 Å². The Bertz CT molecular complexity index is 480. The lowest BCUT2D eigenvalue weighted by Crippen LogP contribution is -2.51. The van der Waals surface area contributed by atoms with Crippen LogP contribution in [0, 0.1) is 0 Å². The van der Waals surface area contributed by atoms with Crippen molar-refractivity contribution < 1.29 is 14.7 Å². The van der Waals surface area contributed by atoms with Crippen LogP contribution in [0.25, 0.3) is 0 Å². The zero-order valence-electron chi connectivity index (χ0n) is 11.4. The molecule has 2 heterocycles. The van der Waals surface area contributed by atoms with E-state index in [0.29, 0.717) is 18.9 Å². The Morgan fingerprint density at radius 3 is 2.75 bits per heavy atom. The van der Waals surface area contributed by atoms with Crippen LogP contribution in [0.4, 0.5) is 5.95 Å². The zero-order valence-corrected chi connectivity index (χ0v) is 11.4. The molecule has 0 spiro atoms. The van der Waals surface area contributed by atoms with Gasteiger partial charge in [-0.15, -0.1) is 0 Å². The van der Waals surface area contributed by atoms with Crippen molar-refractivity contribution in [1.29, 1.82) is 0 Å². The second kappa shape index (κ2) is 6.31. The van der Waals surface area contributed by atoms with Gasteiger partial charge in [0.25, 0.3) is 0 Å². The second-order valence-corrected chi connectivity index (χ2v) is 4.84. The molecule has 20 heavy (non-hydrogen) atoms. The highest BCUT2D eigenvalue weighted by atomic mass is 16.4. The van der Waals surface area contributed by atoms with Crippen molar-refractivity contribution in [2.75, 3.05) is 25.0 Å². The van der Waals surface area contributed by atoms with Crippen LogP contribution < -0.4 is 4.90 Å². The van der Waals surface area contributed by atoms with Crippen molar-refractivity contribution in [1.82, 2.24) is 14.9 Å². The Hall–Kier alpha value is -2.18. The molecular weight excluding hydrogens is 260 g/mol. The first-order chi connectivity index (χ1) is 9.59. The highest BCUT2D eigenvalue weighted by Gasteiger charge is 2.32. The highest BCUT2D eigenvalue weighted by molar-refractivity contribution is 5.86. The number of carbonyl (C=O) groups excluding carboxylic acids is 1. The number of hydrogen-bond acceptors (Lipinski definition) is 5. The molecule has 1 N–H and O–H groups in total. The van der Waals surface area contributed by atoms with E-state index >= 15 is 0 Å². The van der Waals surface area contributed by atoms with Crippen molar-refractivity contribution in [3.8, 4) is 0 Å². The molecule has 0 saturated carbocycles. The van der Waals surface area contributed by atoms with Crippen molar-refractivity contribution in [3.05, 3.63) is 18.5 Å². The van der Waals surface area contributed by atoms with E-state index in [1.807, 2.05) is 0 Å². The molecule has 0 aliphatic carbocycles. The van der Waals surface area contributed by atoms with Gasteiger partial charge in [-0.1, -0.05) is 0 Å². The molecule has 7 nitrogen and oxygen atoms in total. The molecule has 1 aromatic rings. The van der Waals surface area contributed by atoms with Crippen LogP contribution in [0.3, 0.4) is 0 Å². The largest absolute Gasteiger partial charge is 0.480 e. The topological polar surface area (TPSA) is 86.6 Å². The molecule has 7 heteroatoms. The monoisotopic (exact) mass is 278 g/mol. The van der Waals surface area contributed by atoms with E-state index in [9.17, 15) is 14.7 Å². The highest BCUT2D eigenvalue weighted by Crippen LogP contribution is 2.18. The Labute approximate surface area is 117 Å². The quantitative estimate of drug-likeness (QED) is 0.856. The third kappa shape index (κ3) is 3.23. The molecular formula is C13H18N4O3. The third-order valence-corrected chi connectivity index (χ3v) is 3.37. The molecule has 0 bridgehead atoms. The van der Waals surface area contributed by atoms with Crippen LogP contribution in [0.5, 0.6) is 0 Å². The smallest absolute Gasteiger partial charge is 0.326 e. The summed E-state index contributed by atoms with van der Waals surface area (Å²) in [6, 6.07) is 0.992. The van der Waals surface area contributed by atoms with Gasteiger partial charge in [0.05, 0.1) is 6.54 Å². The minimum Gasteiger partial charge on any atom is -0.480 e. The Morgan fingerprint density at radius 2 is 2.10 bits per heavy atom. The average molecular weight is 278 g/mol. The third-order valence-electron chi connectivity index (χ3n) is 3.37. The summed E-state index contributed by atoms with van der Waals surface area (Å²) in [6.07, 6.45) is 5.42. The molecule has 1 aromatic heterocycles. The van der Waals surface area contributed by atoms with Crippen molar-refractivity contribution in [2.24, 2.45) is 0 Å². The van der Waals surface area contributed by atoms with Gasteiger partial charge < -0.3 is 14.9 Å². The predicted octanol–water partition coefficient (Wildman–Crippen LogP) is 0.378. The maximum atomic E-state index is 12.3. The molecule has 1 atom stereocenters. The summed E-state index contributed by atoms with van der Waals surface area (Å²) in [5.74, 6) is -0.687. The number of aliphatic carboxylic acids is 1. The van der Waals surface area contributed by atoms with E-state index in [2.05, 4.69) is 9.97 Å². The summed E-state index contributed by atoms with van der Waals surface area (Å²) in [4.78, 5) is 34.6. The van der Waals surface area contributed by atoms with Crippen molar-refractivity contribution >= 4 is 17.8 Å². The molecule has 108 valence electrons. The lowest BCUT2D eigenvalue weighted by molar-refractivity contribution is -0.151. The van der Waals surface area contributed by atoms with Gasteiger partial charge in [-0.25, -0.2) is 14.8 Å². The number of carboxylic acids is 1. The van der Waals surface area contributed by atoms with Crippen LogP contribution in [0.1, 0.15) is 19.3 Å². The van der Waals surface area contributed by atoms with E-state index in [0.717, 1.165) is 12.8 Å². The predicted molar refractivity (Wildman–Crippen MR) is 72.3 cm³/mol. The van der Waals surface area contributed by atoms with E-state index < -0.39 is 12.0 Å². The van der Waals surface area contributed by atoms with Gasteiger partial charge in [0.2, 0.25) is 11.9 Å². The average Bonchev–Trinajstić information content (AvgIpc) is 2.48. The van der Waals surface area contributed by atoms with Gasteiger partial charge in [-0.2, -0.15) is 0 Å². The van der Waals surface area contributed by atoms with Crippen LogP contribution in [-0.2, 0) is 9.59 Å². The number of nitrogens with zero attached hydrogens (tertiary/aromatic N) is 4. The van der Waals surface area contributed by atoms with Gasteiger partial charge >= 0.3 is 5.97 Å². The summed E-state index contributed by atoms with van der Waals surface area (Å²) in [6.45, 7) is 0.576. The summed E-state index contributed by atoms with van der Waals surface area (Å²) in [7, 11) is 1.72. The number of amides is 1. The summed E-state index contributed by atoms with van der Waals surface area (Å²) < 4.78 is 0. The van der Waals surface area contributed by atoms with Crippen LogP contribution in [0.15, 0.2) is 18.5 Å². The van der Waals surface area contributed by atoms with Crippen LogP contribution in [-0.4, -0.2) is 58.0 Å². The number of hydrogen-bond donors (Lipinski definition) is 1. The lowest BCUT2D eigenvalue weighted by atomic mass is 10.0. The second-order valence-electron chi connectivity index (χ2n) is 4.84. The van der Waals surface area contributed by atoms with Crippen LogP contribution in [0.2, 0.25) is 0 Å². The zero-order chi connectivity index (χ0) is 14.5. The molecule has 1 aliphatic rings. The number of carbonyl (C=O) groups is 2. The molecule has 1 amide bonds. The standard InChI is InChI=1S/C13H18N4O3/c1-16(13-14-6-4-7-15-13)9-11(18)17-8-3-2-5-10(17)12(19)20/h4,6-7,10H,2-3,5,8-9H2,1H3,(H,19,20)/t10-/m0/s1. The first kappa shape index (κ1) is 14.2. The fourth-order valence-corrected chi connectivity index (χ4v) is 2.34.